The van der Waals surface area contributed by atoms with Gasteiger partial charge in [0, 0.05) is 5.02 Å². The van der Waals surface area contributed by atoms with Crippen LogP contribution in [0, 0.1) is 0 Å². The predicted octanol–water partition coefficient (Wildman–Crippen LogP) is 3.86. The van der Waals surface area contributed by atoms with Crippen molar-refractivity contribution in [1.29, 1.82) is 0 Å². The Morgan fingerprint density at radius 2 is 1.89 bits per heavy atom. The summed E-state index contributed by atoms with van der Waals surface area (Å²) in [6.45, 7) is 6.01. The molecular weight excluding hydrogens is 488 g/mol. The number of nitrogens with zero attached hydrogens (tertiary/aromatic N) is 2. The van der Waals surface area contributed by atoms with Crippen LogP contribution in [-0.2, 0) is 9.53 Å². The first kappa shape index (κ1) is 24.8. The van der Waals surface area contributed by atoms with Gasteiger partial charge in [0.05, 0.1) is 42.2 Å². The van der Waals surface area contributed by atoms with Crippen molar-refractivity contribution in [2.24, 2.45) is 4.99 Å². The Balaban J connectivity index is 1.96. The smallest absolute Gasteiger partial charge is 0.338 e. The number of allylic oxidation sites excluding steroid dienone is 1. The number of ether oxygens (including phenoxy) is 3. The zero-order valence-electron chi connectivity index (χ0n) is 19.8. The monoisotopic (exact) mass is 512 g/mol. The molecule has 2 heterocycles. The highest BCUT2D eigenvalue weighted by Gasteiger charge is 2.33. The second-order valence-electron chi connectivity index (χ2n) is 7.70. The van der Waals surface area contributed by atoms with Crippen LogP contribution in [0.4, 0.5) is 0 Å². The SMILES string of the molecule is CCOC(=O)C1=C(C)N=c2sc(=Cc3ccc(Cl)cc3)c(=O)n2[C@@H]1c1ccc(OC)c(OCC)c1. The number of methoxy groups -OCH3 is 1. The van der Waals surface area contributed by atoms with E-state index >= 15 is 0 Å². The van der Waals surface area contributed by atoms with Crippen molar-refractivity contribution in [1.82, 2.24) is 4.57 Å². The third-order valence-corrected chi connectivity index (χ3v) is 6.72. The molecule has 1 aliphatic rings. The van der Waals surface area contributed by atoms with Crippen molar-refractivity contribution in [3.63, 3.8) is 0 Å². The van der Waals surface area contributed by atoms with Gasteiger partial charge >= 0.3 is 5.97 Å². The van der Waals surface area contributed by atoms with E-state index in [9.17, 15) is 9.59 Å². The number of hydrogen-bond donors (Lipinski definition) is 0. The average molecular weight is 513 g/mol. The van der Waals surface area contributed by atoms with E-state index in [0.717, 1.165) is 5.56 Å². The standard InChI is InChI=1S/C26H25ClN2O5S/c1-5-33-20-14-17(9-12-19(20)32-4)23-22(25(31)34-6-2)15(3)28-26-29(23)24(30)21(35-26)13-16-7-10-18(27)11-8-16/h7-14,23H,5-6H2,1-4H3/t23-/m1/s1. The summed E-state index contributed by atoms with van der Waals surface area (Å²) in [6.07, 6.45) is 1.79. The van der Waals surface area contributed by atoms with Crippen LogP contribution in [0.3, 0.4) is 0 Å². The Bertz CT molecular complexity index is 1470. The lowest BCUT2D eigenvalue weighted by atomic mass is 9.95. The minimum absolute atomic E-state index is 0.204. The van der Waals surface area contributed by atoms with E-state index in [1.165, 1.54) is 11.3 Å². The van der Waals surface area contributed by atoms with Crippen LogP contribution in [0.1, 0.15) is 37.9 Å². The number of esters is 1. The Morgan fingerprint density at radius 1 is 1.14 bits per heavy atom. The van der Waals surface area contributed by atoms with E-state index in [1.807, 2.05) is 25.1 Å². The fourth-order valence-corrected chi connectivity index (χ4v) is 5.12. The number of rotatable bonds is 7. The summed E-state index contributed by atoms with van der Waals surface area (Å²) < 4.78 is 18.6. The Hall–Kier alpha value is -3.36. The van der Waals surface area contributed by atoms with E-state index in [0.29, 0.717) is 49.3 Å². The Kier molecular flexibility index (Phi) is 7.42. The molecule has 35 heavy (non-hydrogen) atoms. The largest absolute Gasteiger partial charge is 0.493 e. The number of benzene rings is 2. The molecule has 1 aliphatic heterocycles. The van der Waals surface area contributed by atoms with Gasteiger partial charge in [0.15, 0.2) is 16.3 Å². The number of carbonyl (C=O) groups is 1. The molecule has 0 aliphatic carbocycles. The molecular formula is C26H25ClN2O5S. The molecule has 7 nitrogen and oxygen atoms in total. The van der Waals surface area contributed by atoms with Crippen molar-refractivity contribution < 1.29 is 19.0 Å². The molecule has 3 aromatic rings. The van der Waals surface area contributed by atoms with Crippen molar-refractivity contribution in [3.8, 4) is 11.5 Å². The summed E-state index contributed by atoms with van der Waals surface area (Å²) in [4.78, 5) is 31.8. The number of thiazole rings is 1. The Labute approximate surface area is 211 Å². The van der Waals surface area contributed by atoms with Crippen molar-refractivity contribution in [3.05, 3.63) is 89.6 Å². The van der Waals surface area contributed by atoms with Crippen molar-refractivity contribution in [2.75, 3.05) is 20.3 Å². The molecule has 0 saturated heterocycles. The van der Waals surface area contributed by atoms with Gasteiger partial charge in [-0.15, -0.1) is 0 Å². The zero-order valence-corrected chi connectivity index (χ0v) is 21.4. The van der Waals surface area contributed by atoms with Gasteiger partial charge in [-0.2, -0.15) is 0 Å². The highest BCUT2D eigenvalue weighted by molar-refractivity contribution is 7.07. The quantitative estimate of drug-likeness (QED) is 0.449. The summed E-state index contributed by atoms with van der Waals surface area (Å²) in [5.41, 5.74) is 2.08. The number of aromatic nitrogens is 1. The molecule has 0 saturated carbocycles. The first-order chi connectivity index (χ1) is 16.9. The van der Waals surface area contributed by atoms with Gasteiger partial charge in [-0.3, -0.25) is 9.36 Å². The fraction of sp³-hybridized carbons (Fsp3) is 0.269. The molecule has 2 aromatic carbocycles. The predicted molar refractivity (Wildman–Crippen MR) is 136 cm³/mol. The van der Waals surface area contributed by atoms with Crippen molar-refractivity contribution >= 4 is 35.0 Å². The highest BCUT2D eigenvalue weighted by Crippen LogP contribution is 2.36. The molecule has 0 N–H and O–H groups in total. The summed E-state index contributed by atoms with van der Waals surface area (Å²) in [5.74, 6) is 0.567. The summed E-state index contributed by atoms with van der Waals surface area (Å²) in [5, 5.41) is 0.614. The van der Waals surface area contributed by atoms with Crippen LogP contribution in [0.25, 0.3) is 6.08 Å². The van der Waals surface area contributed by atoms with Gasteiger partial charge in [0.2, 0.25) is 0 Å². The number of halogens is 1. The number of fused-ring (bicyclic) bond motifs is 1. The highest BCUT2D eigenvalue weighted by atomic mass is 35.5. The van der Waals surface area contributed by atoms with Gasteiger partial charge < -0.3 is 14.2 Å². The van der Waals surface area contributed by atoms with E-state index in [1.54, 1.807) is 55.9 Å². The minimum atomic E-state index is -0.734. The van der Waals surface area contributed by atoms with Gasteiger partial charge in [-0.05, 0) is 62.2 Å². The van der Waals surface area contributed by atoms with Crippen LogP contribution >= 0.6 is 22.9 Å². The lowest BCUT2D eigenvalue weighted by Crippen LogP contribution is -2.40. The topological polar surface area (TPSA) is 79.1 Å². The van der Waals surface area contributed by atoms with Crippen LogP contribution in [-0.4, -0.2) is 30.9 Å². The summed E-state index contributed by atoms with van der Waals surface area (Å²) >= 11 is 7.26. The molecule has 0 radical (unpaired) electrons. The maximum Gasteiger partial charge on any atom is 0.338 e. The van der Waals surface area contributed by atoms with Crippen LogP contribution in [0.15, 0.2) is 63.5 Å². The third kappa shape index (κ3) is 4.90. The molecule has 0 bridgehead atoms. The Morgan fingerprint density at radius 3 is 2.54 bits per heavy atom. The molecule has 182 valence electrons. The minimum Gasteiger partial charge on any atom is -0.493 e. The lowest BCUT2D eigenvalue weighted by Gasteiger charge is -2.25. The second kappa shape index (κ2) is 10.5. The first-order valence-corrected chi connectivity index (χ1v) is 12.3. The van der Waals surface area contributed by atoms with E-state index in [4.69, 9.17) is 25.8 Å². The summed E-state index contributed by atoms with van der Waals surface area (Å²) in [7, 11) is 1.56. The zero-order chi connectivity index (χ0) is 25.1. The summed E-state index contributed by atoms with van der Waals surface area (Å²) in [6, 6.07) is 11.9. The maximum absolute atomic E-state index is 13.7. The normalized spacial score (nSPS) is 15.5. The molecule has 1 aromatic heterocycles. The van der Waals surface area contributed by atoms with Crippen molar-refractivity contribution in [2.45, 2.75) is 26.8 Å². The average Bonchev–Trinajstić information content (AvgIpc) is 3.14. The molecule has 0 unspecified atom stereocenters. The fourth-order valence-electron chi connectivity index (χ4n) is 3.95. The third-order valence-electron chi connectivity index (χ3n) is 5.49. The van der Waals surface area contributed by atoms with E-state index in [-0.39, 0.29) is 12.2 Å². The molecule has 4 rings (SSSR count). The van der Waals surface area contributed by atoms with E-state index < -0.39 is 12.0 Å². The van der Waals surface area contributed by atoms with Gasteiger partial charge in [-0.25, -0.2) is 9.79 Å². The first-order valence-electron chi connectivity index (χ1n) is 11.1. The van der Waals surface area contributed by atoms with E-state index in [2.05, 4.69) is 4.99 Å². The van der Waals surface area contributed by atoms with Crippen LogP contribution in [0.2, 0.25) is 5.02 Å². The maximum atomic E-state index is 13.7. The molecule has 0 fully saturated rings. The molecule has 9 heteroatoms. The van der Waals surface area contributed by atoms with Crippen LogP contribution < -0.4 is 24.4 Å². The lowest BCUT2D eigenvalue weighted by molar-refractivity contribution is -0.139. The van der Waals surface area contributed by atoms with Gasteiger partial charge in [0.1, 0.15) is 0 Å². The molecule has 0 spiro atoms. The van der Waals surface area contributed by atoms with Gasteiger partial charge in [0.25, 0.3) is 5.56 Å². The molecule has 0 amide bonds. The van der Waals surface area contributed by atoms with Crippen LogP contribution in [0.5, 0.6) is 11.5 Å². The second-order valence-corrected chi connectivity index (χ2v) is 9.14. The number of hydrogen-bond acceptors (Lipinski definition) is 7. The van der Waals surface area contributed by atoms with Gasteiger partial charge in [-0.1, -0.05) is 41.1 Å². The number of carbonyl (C=O) groups excluding carboxylic acids is 1. The molecule has 1 atom stereocenters.